The first kappa shape index (κ1) is 15.2. The van der Waals surface area contributed by atoms with Crippen molar-refractivity contribution in [3.8, 4) is 5.75 Å². The number of nitrogens with zero attached hydrogens (tertiary/aromatic N) is 1. The van der Waals surface area contributed by atoms with E-state index in [4.69, 9.17) is 4.74 Å². The molecule has 2 aliphatic heterocycles. The minimum Gasteiger partial charge on any atom is -0.497 e. The summed E-state index contributed by atoms with van der Waals surface area (Å²) in [5.41, 5.74) is 3.17. The van der Waals surface area contributed by atoms with Crippen LogP contribution < -0.4 is 4.74 Å². The quantitative estimate of drug-likeness (QED) is 0.796. The Morgan fingerprint density at radius 3 is 2.09 bits per heavy atom. The van der Waals surface area contributed by atoms with Crippen molar-refractivity contribution in [2.75, 3.05) is 7.11 Å². The summed E-state index contributed by atoms with van der Waals surface area (Å²) in [4.78, 5) is 0.384. The van der Waals surface area contributed by atoms with E-state index in [1.54, 1.807) is 46.8 Å². The Bertz CT molecular complexity index is 714. The van der Waals surface area contributed by atoms with Gasteiger partial charge in [-0.1, -0.05) is 11.1 Å². The summed E-state index contributed by atoms with van der Waals surface area (Å²) in [5.74, 6) is 0.683. The number of sulfonamides is 1. The van der Waals surface area contributed by atoms with Gasteiger partial charge in [0.1, 0.15) is 5.75 Å². The van der Waals surface area contributed by atoms with Crippen LogP contribution in [0.2, 0.25) is 0 Å². The van der Waals surface area contributed by atoms with Crippen LogP contribution in [0.25, 0.3) is 0 Å². The van der Waals surface area contributed by atoms with E-state index >= 15 is 0 Å². The van der Waals surface area contributed by atoms with Crippen molar-refractivity contribution in [2.45, 2.75) is 61.9 Å². The molecule has 2 heterocycles. The zero-order valence-electron chi connectivity index (χ0n) is 13.5. The summed E-state index contributed by atoms with van der Waals surface area (Å²) < 4.78 is 33.1. The monoisotopic (exact) mass is 333 g/mol. The molecule has 1 aromatic carbocycles. The van der Waals surface area contributed by atoms with E-state index < -0.39 is 10.0 Å². The molecule has 0 N–H and O–H groups in total. The highest BCUT2D eigenvalue weighted by molar-refractivity contribution is 7.89. The molecule has 1 aromatic rings. The molecule has 2 atom stereocenters. The lowest BCUT2D eigenvalue weighted by Gasteiger charge is -2.37. The van der Waals surface area contributed by atoms with E-state index in [0.717, 1.165) is 25.7 Å². The molecule has 3 aliphatic rings. The number of allylic oxidation sites excluding steroid dienone is 1. The molecule has 2 unspecified atom stereocenters. The molecule has 0 aromatic heterocycles. The fraction of sp³-hybridized carbons (Fsp3) is 0.556. The van der Waals surface area contributed by atoms with Crippen LogP contribution in [0.15, 0.2) is 40.3 Å². The molecule has 2 bridgehead atoms. The summed E-state index contributed by atoms with van der Waals surface area (Å²) in [6.07, 6.45) is 7.66. The number of fused-ring (bicyclic) bond motifs is 2. The van der Waals surface area contributed by atoms with E-state index in [2.05, 4.69) is 0 Å². The van der Waals surface area contributed by atoms with Crippen molar-refractivity contribution in [1.29, 1.82) is 0 Å². The normalized spacial score (nSPS) is 27.9. The lowest BCUT2D eigenvalue weighted by Crippen LogP contribution is -2.44. The Labute approximate surface area is 138 Å². The largest absolute Gasteiger partial charge is 0.497 e. The van der Waals surface area contributed by atoms with Crippen molar-refractivity contribution in [1.82, 2.24) is 4.31 Å². The Kier molecular flexibility index (Phi) is 3.73. The fourth-order valence-electron chi connectivity index (χ4n) is 4.23. The van der Waals surface area contributed by atoms with Gasteiger partial charge in [-0.3, -0.25) is 0 Å². The second kappa shape index (κ2) is 5.64. The molecule has 0 spiro atoms. The van der Waals surface area contributed by atoms with Gasteiger partial charge in [0.05, 0.1) is 12.0 Å². The van der Waals surface area contributed by atoms with E-state index in [1.165, 1.54) is 19.3 Å². The van der Waals surface area contributed by atoms with Gasteiger partial charge in [0.15, 0.2) is 0 Å². The first-order chi connectivity index (χ1) is 11.1. The second-order valence-corrected chi connectivity index (χ2v) is 8.71. The van der Waals surface area contributed by atoms with Crippen LogP contribution in [0.4, 0.5) is 0 Å². The summed E-state index contributed by atoms with van der Waals surface area (Å²) in [5, 5.41) is 0. The Hall–Kier alpha value is -1.33. The van der Waals surface area contributed by atoms with Gasteiger partial charge in [-0.2, -0.15) is 4.31 Å². The number of rotatable bonds is 3. The Morgan fingerprint density at radius 2 is 1.61 bits per heavy atom. The molecule has 0 amide bonds. The fourth-order valence-corrected chi connectivity index (χ4v) is 6.10. The maximum atomic E-state index is 13.1. The third-order valence-electron chi connectivity index (χ3n) is 5.61. The van der Waals surface area contributed by atoms with Gasteiger partial charge < -0.3 is 4.74 Å². The van der Waals surface area contributed by atoms with Crippen molar-refractivity contribution in [3.63, 3.8) is 0 Å². The van der Waals surface area contributed by atoms with Gasteiger partial charge in [-0.25, -0.2) is 8.42 Å². The van der Waals surface area contributed by atoms with Crippen LogP contribution in [-0.2, 0) is 10.0 Å². The molecule has 3 fully saturated rings. The number of hydrogen-bond acceptors (Lipinski definition) is 3. The average molecular weight is 333 g/mol. The summed E-state index contributed by atoms with van der Waals surface area (Å²) >= 11 is 0. The zero-order valence-corrected chi connectivity index (χ0v) is 14.3. The predicted molar refractivity (Wildman–Crippen MR) is 88.9 cm³/mol. The van der Waals surface area contributed by atoms with Gasteiger partial charge >= 0.3 is 0 Å². The van der Waals surface area contributed by atoms with Crippen LogP contribution >= 0.6 is 0 Å². The first-order valence-corrected chi connectivity index (χ1v) is 9.91. The molecule has 124 valence electrons. The molecular weight excluding hydrogens is 310 g/mol. The third kappa shape index (κ3) is 2.50. The lowest BCUT2D eigenvalue weighted by atomic mass is 9.83. The highest BCUT2D eigenvalue weighted by Crippen LogP contribution is 2.45. The van der Waals surface area contributed by atoms with Crippen LogP contribution in [-0.4, -0.2) is 31.9 Å². The topological polar surface area (TPSA) is 46.6 Å². The van der Waals surface area contributed by atoms with Crippen LogP contribution in [0.1, 0.15) is 44.9 Å². The summed E-state index contributed by atoms with van der Waals surface area (Å²) in [6.45, 7) is 0. The molecule has 5 heteroatoms. The molecule has 23 heavy (non-hydrogen) atoms. The van der Waals surface area contributed by atoms with E-state index in [-0.39, 0.29) is 12.1 Å². The van der Waals surface area contributed by atoms with Gasteiger partial charge in [0, 0.05) is 12.1 Å². The van der Waals surface area contributed by atoms with E-state index in [0.29, 0.717) is 10.6 Å². The second-order valence-electron chi connectivity index (χ2n) is 6.86. The molecule has 4 nitrogen and oxygen atoms in total. The average Bonchev–Trinajstić information content (AvgIpc) is 2.78. The van der Waals surface area contributed by atoms with Gasteiger partial charge in [0.25, 0.3) is 0 Å². The number of ether oxygens (including phenoxy) is 1. The van der Waals surface area contributed by atoms with Crippen LogP contribution in [0, 0.1) is 0 Å². The third-order valence-corrected chi connectivity index (χ3v) is 7.63. The number of benzene rings is 1. The molecule has 4 rings (SSSR count). The van der Waals surface area contributed by atoms with E-state index in [1.807, 2.05) is 0 Å². The van der Waals surface area contributed by atoms with E-state index in [9.17, 15) is 8.42 Å². The van der Waals surface area contributed by atoms with Gasteiger partial charge in [-0.05, 0) is 69.2 Å². The number of piperidine rings is 1. The number of methoxy groups -OCH3 is 1. The maximum Gasteiger partial charge on any atom is 0.243 e. The molecule has 1 saturated carbocycles. The van der Waals surface area contributed by atoms with Crippen molar-refractivity contribution >= 4 is 10.0 Å². The smallest absolute Gasteiger partial charge is 0.243 e. The summed E-state index contributed by atoms with van der Waals surface area (Å²) in [7, 11) is -1.82. The lowest BCUT2D eigenvalue weighted by molar-refractivity contribution is 0.281. The minimum absolute atomic E-state index is 0.156. The van der Waals surface area contributed by atoms with Crippen molar-refractivity contribution in [3.05, 3.63) is 35.4 Å². The predicted octanol–water partition coefficient (Wildman–Crippen LogP) is 3.49. The molecule has 1 aliphatic carbocycles. The van der Waals surface area contributed by atoms with Crippen LogP contribution in [0.5, 0.6) is 5.75 Å². The maximum absolute atomic E-state index is 13.1. The van der Waals surface area contributed by atoms with Crippen molar-refractivity contribution in [2.24, 2.45) is 0 Å². The SMILES string of the molecule is COc1ccc(S(=O)(=O)N2C3CCC2CC(=C2CCC2)C3)cc1. The molecule has 0 radical (unpaired) electrons. The van der Waals surface area contributed by atoms with Gasteiger partial charge in [-0.15, -0.1) is 0 Å². The number of hydrogen-bond donors (Lipinski definition) is 0. The highest BCUT2D eigenvalue weighted by Gasteiger charge is 2.46. The standard InChI is InChI=1S/C18H23NO3S/c1-22-17-7-9-18(10-8-17)23(20,21)19-15-5-6-16(19)12-14(11-15)13-3-2-4-13/h7-10,15-16H,2-6,11-12H2,1H3. The summed E-state index contributed by atoms with van der Waals surface area (Å²) in [6, 6.07) is 7.08. The molecular formula is C18H23NO3S. The van der Waals surface area contributed by atoms with Gasteiger partial charge in [0.2, 0.25) is 10.0 Å². The Balaban J connectivity index is 1.62. The highest BCUT2D eigenvalue weighted by atomic mass is 32.2. The van der Waals surface area contributed by atoms with Crippen molar-refractivity contribution < 1.29 is 13.2 Å². The van der Waals surface area contributed by atoms with Crippen LogP contribution in [0.3, 0.4) is 0 Å². The minimum atomic E-state index is -3.41. The molecule has 2 saturated heterocycles. The first-order valence-electron chi connectivity index (χ1n) is 8.47. The zero-order chi connectivity index (χ0) is 16.0. The Morgan fingerprint density at radius 1 is 1.00 bits per heavy atom.